The Bertz CT molecular complexity index is 1010. The molecule has 5 heteroatoms. The van der Waals surface area contributed by atoms with Gasteiger partial charge in [0.05, 0.1) is 6.04 Å². The number of hydrogen-bond donors (Lipinski definition) is 2. The Balaban J connectivity index is 2.20. The van der Waals surface area contributed by atoms with Gasteiger partial charge in [-0.05, 0) is 63.2 Å². The molecular formula is C31H47N5. The lowest BCUT2D eigenvalue weighted by Gasteiger charge is -2.30. The number of likely N-dealkylation sites (N-methyl/N-ethyl adjacent to an activating group) is 1. The van der Waals surface area contributed by atoms with E-state index in [4.69, 9.17) is 9.98 Å². The van der Waals surface area contributed by atoms with Crippen LogP contribution in [-0.4, -0.2) is 49.3 Å². The van der Waals surface area contributed by atoms with Crippen molar-refractivity contribution in [3.8, 4) is 0 Å². The number of benzene rings is 1. The van der Waals surface area contributed by atoms with Gasteiger partial charge in [0.25, 0.3) is 0 Å². The molecule has 1 saturated heterocycles. The highest BCUT2D eigenvalue weighted by atomic mass is 15.1. The lowest BCUT2D eigenvalue weighted by atomic mass is 9.86. The van der Waals surface area contributed by atoms with E-state index in [-0.39, 0.29) is 5.41 Å². The molecule has 1 fully saturated rings. The van der Waals surface area contributed by atoms with E-state index in [1.165, 1.54) is 11.1 Å². The lowest BCUT2D eigenvalue weighted by Crippen LogP contribution is -2.36. The van der Waals surface area contributed by atoms with Crippen LogP contribution in [0.3, 0.4) is 0 Å². The Kier molecular flexibility index (Phi) is 11.4. The summed E-state index contributed by atoms with van der Waals surface area (Å²) in [7, 11) is 1.87. The Morgan fingerprint density at radius 2 is 1.75 bits per heavy atom. The zero-order chi connectivity index (χ0) is 26.7. The molecule has 1 aromatic carbocycles. The van der Waals surface area contributed by atoms with Crippen molar-refractivity contribution in [3.63, 3.8) is 0 Å². The summed E-state index contributed by atoms with van der Waals surface area (Å²) >= 11 is 0. The fourth-order valence-corrected chi connectivity index (χ4v) is 4.22. The molecule has 0 aromatic heterocycles. The third-order valence-corrected chi connectivity index (χ3v) is 6.41. The highest BCUT2D eigenvalue weighted by Crippen LogP contribution is 2.22. The molecule has 1 aliphatic rings. The standard InChI is InChI=1S/C31H47N5/c1-10-12-26(11-2)22-36-19-17-29(18-20-36)34-25(5)35-30(33-24(4)21-23(3)32-9)27-13-15-28(16-14-27)31(6,7)8/h10-16,21,29,32H,3,17-20,22H2,1-2,4-9H3,(H,33,34,35)/b12-10-,24-21+,26-11+. The van der Waals surface area contributed by atoms with Gasteiger partial charge in [0.2, 0.25) is 0 Å². The zero-order valence-corrected chi connectivity index (χ0v) is 23.8. The van der Waals surface area contributed by atoms with Crippen LogP contribution in [-0.2, 0) is 5.41 Å². The summed E-state index contributed by atoms with van der Waals surface area (Å²) < 4.78 is 0. The monoisotopic (exact) mass is 489 g/mol. The van der Waals surface area contributed by atoms with Crippen LogP contribution >= 0.6 is 0 Å². The minimum absolute atomic E-state index is 0.108. The van der Waals surface area contributed by atoms with Crippen LogP contribution in [0.1, 0.15) is 72.4 Å². The molecule has 1 heterocycles. The SMILES string of the molecule is C=C(/C=C(\C)NC(=NC(C)=NC1CCN(CC(/C=C\C)=C/C)CC1)c1ccc(C(C)(C)C)cc1)NC. The molecule has 0 spiro atoms. The zero-order valence-electron chi connectivity index (χ0n) is 23.8. The number of piperidine rings is 1. The summed E-state index contributed by atoms with van der Waals surface area (Å²) in [4.78, 5) is 12.5. The van der Waals surface area contributed by atoms with Gasteiger partial charge in [-0.25, -0.2) is 4.99 Å². The van der Waals surface area contributed by atoms with Gasteiger partial charge in [0, 0.05) is 43.6 Å². The lowest BCUT2D eigenvalue weighted by molar-refractivity contribution is 0.231. The van der Waals surface area contributed by atoms with E-state index in [2.05, 4.69) is 99.2 Å². The Morgan fingerprint density at radius 3 is 2.28 bits per heavy atom. The first kappa shape index (κ1) is 29.3. The van der Waals surface area contributed by atoms with Crippen molar-refractivity contribution in [1.82, 2.24) is 15.5 Å². The van der Waals surface area contributed by atoms with Crippen LogP contribution < -0.4 is 10.6 Å². The van der Waals surface area contributed by atoms with E-state index >= 15 is 0 Å². The Morgan fingerprint density at radius 1 is 1.11 bits per heavy atom. The summed E-state index contributed by atoms with van der Waals surface area (Å²) in [6.07, 6.45) is 10.6. The van der Waals surface area contributed by atoms with Gasteiger partial charge in [0.1, 0.15) is 11.7 Å². The van der Waals surface area contributed by atoms with Gasteiger partial charge >= 0.3 is 0 Å². The average Bonchev–Trinajstić information content (AvgIpc) is 2.83. The van der Waals surface area contributed by atoms with Crippen molar-refractivity contribution < 1.29 is 0 Å². The van der Waals surface area contributed by atoms with Gasteiger partial charge in [-0.15, -0.1) is 0 Å². The van der Waals surface area contributed by atoms with Crippen molar-refractivity contribution in [3.05, 3.63) is 83.2 Å². The topological polar surface area (TPSA) is 52.0 Å². The smallest absolute Gasteiger partial charge is 0.139 e. The first-order valence-electron chi connectivity index (χ1n) is 13.1. The first-order chi connectivity index (χ1) is 17.0. The molecule has 2 N–H and O–H groups in total. The maximum Gasteiger partial charge on any atom is 0.139 e. The summed E-state index contributed by atoms with van der Waals surface area (Å²) in [5, 5.41) is 6.55. The predicted octanol–water partition coefficient (Wildman–Crippen LogP) is 6.36. The van der Waals surface area contributed by atoms with Crippen LogP contribution in [0.4, 0.5) is 0 Å². The third kappa shape index (κ3) is 9.62. The van der Waals surface area contributed by atoms with E-state index in [1.54, 1.807) is 0 Å². The van der Waals surface area contributed by atoms with Crippen molar-refractivity contribution in [2.24, 2.45) is 9.98 Å². The van der Waals surface area contributed by atoms with Crippen molar-refractivity contribution >= 4 is 11.7 Å². The van der Waals surface area contributed by atoms with E-state index in [0.29, 0.717) is 6.04 Å². The molecule has 1 aliphatic heterocycles. The van der Waals surface area contributed by atoms with Gasteiger partial charge < -0.3 is 10.6 Å². The summed E-state index contributed by atoms with van der Waals surface area (Å²) in [5.74, 6) is 1.61. The minimum atomic E-state index is 0.108. The Labute approximate surface area is 219 Å². The maximum atomic E-state index is 5.00. The molecule has 0 amide bonds. The van der Waals surface area contributed by atoms with E-state index in [0.717, 1.165) is 61.1 Å². The highest BCUT2D eigenvalue weighted by molar-refractivity contribution is 6.06. The van der Waals surface area contributed by atoms with Crippen LogP contribution in [0.2, 0.25) is 0 Å². The molecule has 2 rings (SSSR count). The quantitative estimate of drug-likeness (QED) is 0.254. The molecule has 0 unspecified atom stereocenters. The molecule has 0 bridgehead atoms. The molecular weight excluding hydrogens is 442 g/mol. The largest absolute Gasteiger partial charge is 0.389 e. The molecule has 0 radical (unpaired) electrons. The van der Waals surface area contributed by atoms with Crippen molar-refractivity contribution in [2.75, 3.05) is 26.7 Å². The van der Waals surface area contributed by atoms with E-state index in [9.17, 15) is 0 Å². The number of nitrogens with one attached hydrogen (secondary N) is 2. The normalized spacial score (nSPS) is 17.6. The van der Waals surface area contributed by atoms with Gasteiger partial charge in [-0.2, -0.15) is 0 Å². The summed E-state index contributed by atoms with van der Waals surface area (Å²) in [6.45, 7) is 22.1. The number of aliphatic imine (C=N–C) groups is 2. The van der Waals surface area contributed by atoms with Crippen LogP contribution in [0, 0.1) is 0 Å². The average molecular weight is 490 g/mol. The van der Waals surface area contributed by atoms with Gasteiger partial charge in [0.15, 0.2) is 0 Å². The third-order valence-electron chi connectivity index (χ3n) is 6.41. The summed E-state index contributed by atoms with van der Waals surface area (Å²) in [5.41, 5.74) is 5.63. The predicted molar refractivity (Wildman–Crippen MR) is 158 cm³/mol. The fraction of sp³-hybridized carbons (Fsp3) is 0.484. The molecule has 36 heavy (non-hydrogen) atoms. The van der Waals surface area contributed by atoms with Crippen molar-refractivity contribution in [1.29, 1.82) is 0 Å². The van der Waals surface area contributed by atoms with Crippen molar-refractivity contribution in [2.45, 2.75) is 72.8 Å². The number of amidine groups is 2. The number of hydrogen-bond acceptors (Lipinski definition) is 3. The van der Waals surface area contributed by atoms with Gasteiger partial charge in [-0.3, -0.25) is 9.89 Å². The summed E-state index contributed by atoms with van der Waals surface area (Å²) in [6, 6.07) is 8.97. The highest BCUT2D eigenvalue weighted by Gasteiger charge is 2.19. The van der Waals surface area contributed by atoms with Gasteiger partial charge in [-0.1, -0.05) is 69.8 Å². The van der Waals surface area contributed by atoms with Crippen LogP contribution in [0.15, 0.2) is 82.1 Å². The van der Waals surface area contributed by atoms with Crippen LogP contribution in [0.25, 0.3) is 0 Å². The number of rotatable bonds is 8. The number of nitrogens with zero attached hydrogens (tertiary/aromatic N) is 3. The fourth-order valence-electron chi connectivity index (χ4n) is 4.22. The number of likely N-dealkylation sites (tertiary alicyclic amines) is 1. The second-order valence-electron chi connectivity index (χ2n) is 10.6. The van der Waals surface area contributed by atoms with E-state index in [1.807, 2.05) is 27.0 Å². The number of allylic oxidation sites excluding steroid dienone is 4. The molecule has 1 aromatic rings. The maximum absolute atomic E-state index is 5.00. The molecule has 196 valence electrons. The van der Waals surface area contributed by atoms with E-state index < -0.39 is 0 Å². The Hall–Kier alpha value is -2.92. The van der Waals surface area contributed by atoms with Crippen LogP contribution in [0.5, 0.6) is 0 Å². The second-order valence-corrected chi connectivity index (χ2v) is 10.6. The second kappa shape index (κ2) is 14.0. The first-order valence-corrected chi connectivity index (χ1v) is 13.1. The minimum Gasteiger partial charge on any atom is -0.389 e. The molecule has 5 nitrogen and oxygen atoms in total. The molecule has 0 aliphatic carbocycles. The molecule has 0 saturated carbocycles. The molecule has 0 atom stereocenters.